The number of halogens is 1. The van der Waals surface area contributed by atoms with Crippen LogP contribution < -0.4 is 0 Å². The molecule has 4 nitrogen and oxygen atoms in total. The maximum Gasteiger partial charge on any atom is 0.153 e. The fraction of sp³-hybridized carbons (Fsp3) is 0.0714. The number of aldehydes is 1. The lowest BCUT2D eigenvalue weighted by Gasteiger charge is -1.99. The van der Waals surface area contributed by atoms with Crippen molar-refractivity contribution in [3.63, 3.8) is 0 Å². The van der Waals surface area contributed by atoms with Crippen LogP contribution in [0.4, 0.5) is 0 Å². The molecule has 0 aromatic carbocycles. The van der Waals surface area contributed by atoms with Gasteiger partial charge in [-0.25, -0.2) is 9.67 Å². The van der Waals surface area contributed by atoms with Crippen molar-refractivity contribution in [3.05, 3.63) is 51.6 Å². The monoisotopic (exact) mass is 347 g/mol. The van der Waals surface area contributed by atoms with Gasteiger partial charge in [-0.05, 0) is 47.1 Å². The molecule has 0 amide bonds. The molecule has 0 aliphatic rings. The smallest absolute Gasteiger partial charge is 0.153 e. The lowest BCUT2D eigenvalue weighted by atomic mass is 10.2. The third-order valence-electron chi connectivity index (χ3n) is 2.79. The van der Waals surface area contributed by atoms with Crippen molar-refractivity contribution in [1.29, 1.82) is 0 Å². The van der Waals surface area contributed by atoms with Gasteiger partial charge in [-0.15, -0.1) is 11.3 Å². The average Bonchev–Trinajstić information content (AvgIpc) is 3.05. The molecule has 100 valence electrons. The largest absolute Gasteiger partial charge is 0.298 e. The number of carbonyl (C=O) groups is 1. The first-order valence-corrected chi connectivity index (χ1v) is 7.52. The maximum atomic E-state index is 11.2. The molecule has 20 heavy (non-hydrogen) atoms. The number of thiophene rings is 1. The molecule has 0 unspecified atom stereocenters. The Bertz CT molecular complexity index is 761. The Kier molecular flexibility index (Phi) is 3.50. The highest BCUT2D eigenvalue weighted by Gasteiger charge is 2.13. The van der Waals surface area contributed by atoms with Crippen LogP contribution in [0.3, 0.4) is 0 Å². The number of rotatable bonds is 3. The van der Waals surface area contributed by atoms with Crippen molar-refractivity contribution in [3.8, 4) is 16.4 Å². The van der Waals surface area contributed by atoms with E-state index in [0.29, 0.717) is 17.1 Å². The van der Waals surface area contributed by atoms with Gasteiger partial charge in [0, 0.05) is 21.7 Å². The molecule has 0 radical (unpaired) electrons. The summed E-state index contributed by atoms with van der Waals surface area (Å²) in [5.74, 6) is 0.677. The first kappa shape index (κ1) is 13.2. The zero-order valence-corrected chi connectivity index (χ0v) is 13.0. The van der Waals surface area contributed by atoms with Crippen LogP contribution in [0, 0.1) is 6.92 Å². The highest BCUT2D eigenvalue weighted by molar-refractivity contribution is 9.10. The topological polar surface area (TPSA) is 47.8 Å². The molecule has 0 saturated heterocycles. The van der Waals surface area contributed by atoms with E-state index >= 15 is 0 Å². The molecule has 3 heterocycles. The second-order valence-electron chi connectivity index (χ2n) is 4.24. The van der Waals surface area contributed by atoms with Gasteiger partial charge >= 0.3 is 0 Å². The number of hydrogen-bond acceptors (Lipinski definition) is 4. The molecule has 6 heteroatoms. The Hall–Kier alpha value is -1.79. The molecule has 3 rings (SSSR count). The lowest BCUT2D eigenvalue weighted by Crippen LogP contribution is -1.97. The fourth-order valence-electron chi connectivity index (χ4n) is 1.85. The van der Waals surface area contributed by atoms with E-state index in [2.05, 4.69) is 26.0 Å². The summed E-state index contributed by atoms with van der Waals surface area (Å²) in [5.41, 5.74) is 1.26. The van der Waals surface area contributed by atoms with Crippen LogP contribution in [0.2, 0.25) is 0 Å². The number of aryl methyl sites for hydroxylation is 1. The van der Waals surface area contributed by atoms with Crippen LogP contribution in [0.25, 0.3) is 16.4 Å². The number of aromatic nitrogens is 3. The van der Waals surface area contributed by atoms with Crippen LogP contribution in [0.5, 0.6) is 0 Å². The summed E-state index contributed by atoms with van der Waals surface area (Å²) in [7, 11) is 0. The second-order valence-corrected chi connectivity index (χ2v) is 6.44. The van der Waals surface area contributed by atoms with Crippen LogP contribution >= 0.6 is 27.3 Å². The standard InChI is InChI=1S/C14H10BrN3OS/c1-9-2-4-12(20-9)14-10(8-19)7-18(17-14)13-5-3-11(15)6-16-13/h2-8H,1H3. The van der Waals surface area contributed by atoms with Crippen molar-refractivity contribution in [2.75, 3.05) is 0 Å². The van der Waals surface area contributed by atoms with Crippen LogP contribution in [0.1, 0.15) is 15.2 Å². The summed E-state index contributed by atoms with van der Waals surface area (Å²) in [6, 6.07) is 7.73. The summed E-state index contributed by atoms with van der Waals surface area (Å²) in [5, 5.41) is 4.48. The molecule has 0 aliphatic heterocycles. The molecule has 0 N–H and O–H groups in total. The van der Waals surface area contributed by atoms with Crippen molar-refractivity contribution in [1.82, 2.24) is 14.8 Å². The Morgan fingerprint density at radius 2 is 2.15 bits per heavy atom. The van der Waals surface area contributed by atoms with Gasteiger partial charge in [-0.2, -0.15) is 5.10 Å². The predicted octanol–water partition coefficient (Wildman–Crippen LogP) is 3.88. The molecule has 0 spiro atoms. The highest BCUT2D eigenvalue weighted by atomic mass is 79.9. The Labute approximate surface area is 128 Å². The molecule has 0 bridgehead atoms. The number of pyridine rings is 1. The number of hydrogen-bond donors (Lipinski definition) is 0. The van der Waals surface area contributed by atoms with Gasteiger partial charge in [0.25, 0.3) is 0 Å². The van der Waals surface area contributed by atoms with Gasteiger partial charge in [-0.1, -0.05) is 0 Å². The number of nitrogens with zero attached hydrogens (tertiary/aromatic N) is 3. The van der Waals surface area contributed by atoms with E-state index in [9.17, 15) is 4.79 Å². The third-order valence-corrected chi connectivity index (χ3v) is 4.27. The molecular formula is C14H10BrN3OS. The van der Waals surface area contributed by atoms with E-state index in [1.165, 1.54) is 4.88 Å². The molecule has 0 atom stereocenters. The average molecular weight is 348 g/mol. The van der Waals surface area contributed by atoms with Gasteiger partial charge in [0.05, 0.1) is 10.4 Å². The SMILES string of the molecule is Cc1ccc(-c2nn(-c3ccc(Br)cn3)cc2C=O)s1. The van der Waals surface area contributed by atoms with Crippen molar-refractivity contribution < 1.29 is 4.79 Å². The third kappa shape index (κ3) is 2.44. The zero-order valence-electron chi connectivity index (χ0n) is 10.6. The normalized spacial score (nSPS) is 10.7. The maximum absolute atomic E-state index is 11.2. The van der Waals surface area contributed by atoms with E-state index in [1.807, 2.05) is 31.2 Å². The van der Waals surface area contributed by atoms with Crippen molar-refractivity contribution >= 4 is 33.6 Å². The van der Waals surface area contributed by atoms with E-state index in [0.717, 1.165) is 15.6 Å². The fourth-order valence-corrected chi connectivity index (χ4v) is 2.96. The van der Waals surface area contributed by atoms with E-state index in [4.69, 9.17) is 0 Å². The van der Waals surface area contributed by atoms with E-state index in [-0.39, 0.29) is 0 Å². The summed E-state index contributed by atoms with van der Waals surface area (Å²) in [6.45, 7) is 2.03. The molecule has 3 aromatic heterocycles. The first-order chi connectivity index (χ1) is 9.67. The summed E-state index contributed by atoms with van der Waals surface area (Å²) in [4.78, 5) is 17.7. The van der Waals surface area contributed by atoms with Crippen molar-refractivity contribution in [2.24, 2.45) is 0 Å². The summed E-state index contributed by atoms with van der Waals surface area (Å²) >= 11 is 4.96. The van der Waals surface area contributed by atoms with E-state index < -0.39 is 0 Å². The molecule has 3 aromatic rings. The van der Waals surface area contributed by atoms with E-state index in [1.54, 1.807) is 28.4 Å². The van der Waals surface area contributed by atoms with Crippen LogP contribution in [-0.2, 0) is 0 Å². The minimum absolute atomic E-state index is 0.566. The Morgan fingerprint density at radius 1 is 1.30 bits per heavy atom. The first-order valence-electron chi connectivity index (χ1n) is 5.91. The van der Waals surface area contributed by atoms with Gasteiger partial charge in [0.1, 0.15) is 5.69 Å². The minimum Gasteiger partial charge on any atom is -0.298 e. The quantitative estimate of drug-likeness (QED) is 0.675. The van der Waals surface area contributed by atoms with Gasteiger partial charge in [-0.3, -0.25) is 4.79 Å². The summed E-state index contributed by atoms with van der Waals surface area (Å²) in [6.07, 6.45) is 4.23. The van der Waals surface area contributed by atoms with Gasteiger partial charge in [0.2, 0.25) is 0 Å². The van der Waals surface area contributed by atoms with Crippen molar-refractivity contribution in [2.45, 2.75) is 6.92 Å². The lowest BCUT2D eigenvalue weighted by molar-refractivity contribution is 0.112. The molecule has 0 saturated carbocycles. The molecule has 0 fully saturated rings. The Morgan fingerprint density at radius 3 is 2.75 bits per heavy atom. The Balaban J connectivity index is 2.09. The summed E-state index contributed by atoms with van der Waals surface area (Å²) < 4.78 is 2.53. The predicted molar refractivity (Wildman–Crippen MR) is 82.5 cm³/mol. The molecular weight excluding hydrogens is 338 g/mol. The number of carbonyl (C=O) groups excluding carboxylic acids is 1. The second kappa shape index (κ2) is 5.30. The van der Waals surface area contributed by atoms with Gasteiger partial charge < -0.3 is 0 Å². The van der Waals surface area contributed by atoms with Crippen LogP contribution in [-0.4, -0.2) is 21.1 Å². The zero-order chi connectivity index (χ0) is 14.1. The minimum atomic E-state index is 0.566. The van der Waals surface area contributed by atoms with Crippen LogP contribution in [0.15, 0.2) is 41.1 Å². The molecule has 0 aliphatic carbocycles. The van der Waals surface area contributed by atoms with Gasteiger partial charge in [0.15, 0.2) is 12.1 Å². The highest BCUT2D eigenvalue weighted by Crippen LogP contribution is 2.29.